The summed E-state index contributed by atoms with van der Waals surface area (Å²) >= 11 is 0. The first-order valence-electron chi connectivity index (χ1n) is 5.83. The predicted octanol–water partition coefficient (Wildman–Crippen LogP) is 1.13. The quantitative estimate of drug-likeness (QED) is 0.562. The summed E-state index contributed by atoms with van der Waals surface area (Å²) in [6.45, 7) is 5.74. The van der Waals surface area contributed by atoms with Crippen LogP contribution in [0.15, 0.2) is 23.2 Å². The SMILES string of the molecule is COc1cc(C(=O)NC(C)(C)C)ccc1N=C(N)N. The molecule has 0 bridgehead atoms. The molecule has 6 nitrogen and oxygen atoms in total. The van der Waals surface area contributed by atoms with Gasteiger partial charge in [0.05, 0.1) is 7.11 Å². The van der Waals surface area contributed by atoms with Gasteiger partial charge >= 0.3 is 0 Å². The van der Waals surface area contributed by atoms with E-state index in [1.807, 2.05) is 20.8 Å². The molecule has 1 aromatic rings. The third-order valence-electron chi connectivity index (χ3n) is 2.18. The molecule has 104 valence electrons. The summed E-state index contributed by atoms with van der Waals surface area (Å²) in [5, 5.41) is 2.87. The number of rotatable bonds is 3. The molecule has 19 heavy (non-hydrogen) atoms. The zero-order valence-electron chi connectivity index (χ0n) is 11.7. The Hall–Kier alpha value is -2.24. The number of amides is 1. The molecule has 0 saturated heterocycles. The van der Waals surface area contributed by atoms with Crippen molar-refractivity contribution in [3.05, 3.63) is 23.8 Å². The number of carbonyl (C=O) groups is 1. The predicted molar refractivity (Wildman–Crippen MR) is 75.7 cm³/mol. The summed E-state index contributed by atoms with van der Waals surface area (Å²) in [6.07, 6.45) is 0. The maximum atomic E-state index is 12.0. The molecule has 0 aromatic heterocycles. The number of guanidine groups is 1. The highest BCUT2D eigenvalue weighted by molar-refractivity contribution is 5.95. The average Bonchev–Trinajstić information content (AvgIpc) is 2.26. The normalized spacial score (nSPS) is 10.7. The van der Waals surface area contributed by atoms with E-state index in [0.717, 1.165) is 0 Å². The zero-order valence-corrected chi connectivity index (χ0v) is 11.7. The number of nitrogens with zero attached hydrogens (tertiary/aromatic N) is 1. The highest BCUT2D eigenvalue weighted by atomic mass is 16.5. The van der Waals surface area contributed by atoms with Crippen LogP contribution in [-0.4, -0.2) is 24.5 Å². The third-order valence-corrected chi connectivity index (χ3v) is 2.18. The van der Waals surface area contributed by atoms with Gasteiger partial charge in [-0.25, -0.2) is 4.99 Å². The molecule has 0 fully saturated rings. The second-order valence-corrected chi connectivity index (χ2v) is 5.13. The van der Waals surface area contributed by atoms with Gasteiger partial charge in [0.25, 0.3) is 5.91 Å². The van der Waals surface area contributed by atoms with Crippen molar-refractivity contribution in [1.82, 2.24) is 5.32 Å². The van der Waals surface area contributed by atoms with Crippen molar-refractivity contribution in [2.45, 2.75) is 26.3 Å². The lowest BCUT2D eigenvalue weighted by molar-refractivity contribution is 0.0919. The smallest absolute Gasteiger partial charge is 0.251 e. The molecule has 0 heterocycles. The van der Waals surface area contributed by atoms with Crippen LogP contribution in [-0.2, 0) is 0 Å². The Balaban J connectivity index is 3.07. The largest absolute Gasteiger partial charge is 0.494 e. The van der Waals surface area contributed by atoms with Crippen LogP contribution in [0.3, 0.4) is 0 Å². The number of benzene rings is 1. The molecule has 0 saturated carbocycles. The van der Waals surface area contributed by atoms with Gasteiger partial charge in [-0.05, 0) is 39.0 Å². The molecule has 6 heteroatoms. The number of hydrogen-bond donors (Lipinski definition) is 3. The van der Waals surface area contributed by atoms with E-state index in [1.165, 1.54) is 7.11 Å². The van der Waals surface area contributed by atoms with Gasteiger partial charge in [0, 0.05) is 11.1 Å². The molecular formula is C13H20N4O2. The van der Waals surface area contributed by atoms with Gasteiger partial charge in [-0.1, -0.05) is 0 Å². The van der Waals surface area contributed by atoms with Crippen LogP contribution < -0.4 is 21.5 Å². The van der Waals surface area contributed by atoms with Crippen molar-refractivity contribution in [1.29, 1.82) is 0 Å². The highest BCUT2D eigenvalue weighted by Gasteiger charge is 2.16. The maximum Gasteiger partial charge on any atom is 0.251 e. The van der Waals surface area contributed by atoms with Crippen LogP contribution in [0, 0.1) is 0 Å². The number of nitrogens with two attached hydrogens (primary N) is 2. The van der Waals surface area contributed by atoms with E-state index in [9.17, 15) is 4.79 Å². The Morgan fingerprint density at radius 1 is 1.32 bits per heavy atom. The number of hydrogen-bond acceptors (Lipinski definition) is 3. The second-order valence-electron chi connectivity index (χ2n) is 5.13. The number of methoxy groups -OCH3 is 1. The molecule has 0 spiro atoms. The fourth-order valence-corrected chi connectivity index (χ4v) is 1.46. The average molecular weight is 264 g/mol. The number of ether oxygens (including phenoxy) is 1. The number of aliphatic imine (C=N–C) groups is 1. The van der Waals surface area contributed by atoms with E-state index in [0.29, 0.717) is 17.0 Å². The molecule has 5 N–H and O–H groups in total. The van der Waals surface area contributed by atoms with E-state index in [2.05, 4.69) is 10.3 Å². The van der Waals surface area contributed by atoms with Gasteiger partial charge in [0.1, 0.15) is 11.4 Å². The summed E-state index contributed by atoms with van der Waals surface area (Å²) in [4.78, 5) is 15.9. The van der Waals surface area contributed by atoms with E-state index in [4.69, 9.17) is 16.2 Å². The molecule has 0 atom stereocenters. The molecule has 0 aliphatic rings. The van der Waals surface area contributed by atoms with Gasteiger partial charge in [-0.15, -0.1) is 0 Å². The summed E-state index contributed by atoms with van der Waals surface area (Å²) in [5.74, 6) is 0.196. The van der Waals surface area contributed by atoms with E-state index in [1.54, 1.807) is 18.2 Å². The monoisotopic (exact) mass is 264 g/mol. The standard InChI is InChI=1S/C13H20N4O2/c1-13(2,3)17-11(18)8-5-6-9(16-12(14)15)10(7-8)19-4/h5-7H,1-4H3,(H,17,18)(H4,14,15,16). The lowest BCUT2D eigenvalue weighted by atomic mass is 10.1. The maximum absolute atomic E-state index is 12.0. The fraction of sp³-hybridized carbons (Fsp3) is 0.385. The van der Waals surface area contributed by atoms with E-state index in [-0.39, 0.29) is 17.4 Å². The number of carbonyl (C=O) groups excluding carboxylic acids is 1. The van der Waals surface area contributed by atoms with Crippen LogP contribution in [0.25, 0.3) is 0 Å². The minimum Gasteiger partial charge on any atom is -0.494 e. The van der Waals surface area contributed by atoms with Gasteiger partial charge in [0.15, 0.2) is 5.96 Å². The third kappa shape index (κ3) is 4.50. The Morgan fingerprint density at radius 3 is 2.42 bits per heavy atom. The Morgan fingerprint density at radius 2 is 1.95 bits per heavy atom. The van der Waals surface area contributed by atoms with Crippen LogP contribution in [0.2, 0.25) is 0 Å². The fourth-order valence-electron chi connectivity index (χ4n) is 1.46. The lowest BCUT2D eigenvalue weighted by Gasteiger charge is -2.20. The molecule has 1 aromatic carbocycles. The van der Waals surface area contributed by atoms with Crippen molar-refractivity contribution in [3.63, 3.8) is 0 Å². The van der Waals surface area contributed by atoms with Gasteiger partial charge in [-0.2, -0.15) is 0 Å². The summed E-state index contributed by atoms with van der Waals surface area (Å²) in [5.41, 5.74) is 11.3. The minimum atomic E-state index is -0.303. The Labute approximate surface area is 112 Å². The first kappa shape index (κ1) is 14.8. The molecule has 1 rings (SSSR count). The van der Waals surface area contributed by atoms with Crippen LogP contribution in [0.5, 0.6) is 5.75 Å². The van der Waals surface area contributed by atoms with Crippen LogP contribution >= 0.6 is 0 Å². The van der Waals surface area contributed by atoms with Crippen LogP contribution in [0.4, 0.5) is 5.69 Å². The van der Waals surface area contributed by atoms with Crippen LogP contribution in [0.1, 0.15) is 31.1 Å². The lowest BCUT2D eigenvalue weighted by Crippen LogP contribution is -2.40. The Bertz CT molecular complexity index is 500. The zero-order chi connectivity index (χ0) is 14.6. The minimum absolute atomic E-state index is 0.0646. The van der Waals surface area contributed by atoms with Crippen molar-refractivity contribution in [2.24, 2.45) is 16.5 Å². The van der Waals surface area contributed by atoms with Gasteiger partial charge in [0.2, 0.25) is 0 Å². The second kappa shape index (κ2) is 5.60. The first-order chi connectivity index (χ1) is 8.73. The first-order valence-corrected chi connectivity index (χ1v) is 5.83. The van der Waals surface area contributed by atoms with Crippen molar-refractivity contribution >= 4 is 17.6 Å². The molecule has 0 unspecified atom stereocenters. The van der Waals surface area contributed by atoms with Crippen molar-refractivity contribution in [2.75, 3.05) is 7.11 Å². The summed E-state index contributed by atoms with van der Waals surface area (Å²) in [6, 6.07) is 4.88. The molecule has 0 aliphatic carbocycles. The van der Waals surface area contributed by atoms with Gasteiger partial charge < -0.3 is 21.5 Å². The van der Waals surface area contributed by atoms with Gasteiger partial charge in [-0.3, -0.25) is 4.79 Å². The molecule has 0 aliphatic heterocycles. The summed E-state index contributed by atoms with van der Waals surface area (Å²) < 4.78 is 5.17. The Kier molecular flexibility index (Phi) is 4.37. The number of nitrogens with one attached hydrogen (secondary N) is 1. The summed E-state index contributed by atoms with van der Waals surface area (Å²) in [7, 11) is 1.49. The van der Waals surface area contributed by atoms with E-state index < -0.39 is 0 Å². The van der Waals surface area contributed by atoms with Crippen molar-refractivity contribution in [3.8, 4) is 5.75 Å². The van der Waals surface area contributed by atoms with Crippen molar-refractivity contribution < 1.29 is 9.53 Å². The molecular weight excluding hydrogens is 244 g/mol. The van der Waals surface area contributed by atoms with E-state index >= 15 is 0 Å². The molecule has 0 radical (unpaired) electrons. The topological polar surface area (TPSA) is 103 Å². The molecule has 1 amide bonds. The highest BCUT2D eigenvalue weighted by Crippen LogP contribution is 2.28.